The number of nitrogens with zero attached hydrogens (tertiary/aromatic N) is 1. The van der Waals surface area contributed by atoms with Crippen molar-refractivity contribution in [2.24, 2.45) is 11.8 Å². The minimum absolute atomic E-state index is 0.0141. The van der Waals surface area contributed by atoms with Gasteiger partial charge in [-0.2, -0.15) is 0 Å². The molecule has 5 nitrogen and oxygen atoms in total. The zero-order chi connectivity index (χ0) is 19.4. The zero-order valence-electron chi connectivity index (χ0n) is 14.9. The number of benzene rings is 1. The molecule has 0 unspecified atom stereocenters. The summed E-state index contributed by atoms with van der Waals surface area (Å²) in [6.45, 7) is 2.76. The van der Waals surface area contributed by atoms with Gasteiger partial charge >= 0.3 is 6.09 Å². The van der Waals surface area contributed by atoms with Crippen molar-refractivity contribution in [1.29, 1.82) is 0 Å². The van der Waals surface area contributed by atoms with Gasteiger partial charge in [0.1, 0.15) is 6.61 Å². The monoisotopic (exact) mass is 398 g/mol. The lowest BCUT2D eigenvalue weighted by Crippen LogP contribution is -2.61. The summed E-state index contributed by atoms with van der Waals surface area (Å²) in [4.78, 5) is 25.3. The number of nitrogens with one attached hydrogen (secondary N) is 1. The van der Waals surface area contributed by atoms with Crippen LogP contribution in [0.5, 0.6) is 0 Å². The Morgan fingerprint density at radius 2 is 2.11 bits per heavy atom. The molecule has 2 heterocycles. The molecule has 1 spiro atoms. The average molecular weight is 399 g/mol. The van der Waals surface area contributed by atoms with Gasteiger partial charge in [0, 0.05) is 41.9 Å². The first-order chi connectivity index (χ1) is 12.7. The first-order valence-electron chi connectivity index (χ1n) is 9.06. The lowest BCUT2D eigenvalue weighted by molar-refractivity contribution is -0.150. The highest BCUT2D eigenvalue weighted by atomic mass is 35.5. The highest BCUT2D eigenvalue weighted by Gasteiger charge is 2.54. The van der Waals surface area contributed by atoms with Crippen LogP contribution in [-0.4, -0.2) is 42.1 Å². The van der Waals surface area contributed by atoms with Crippen LogP contribution in [0, 0.1) is 18.8 Å². The summed E-state index contributed by atoms with van der Waals surface area (Å²) in [5.41, 5.74) is 0.277. The van der Waals surface area contributed by atoms with Gasteiger partial charge in [0.05, 0.1) is 5.54 Å². The number of alkyl halides is 2. The molecule has 0 radical (unpaired) electrons. The molecule has 1 saturated carbocycles. The summed E-state index contributed by atoms with van der Waals surface area (Å²) >= 11 is 5.97. The Morgan fingerprint density at radius 1 is 1.41 bits per heavy atom. The third kappa shape index (κ3) is 3.37. The van der Waals surface area contributed by atoms with Crippen LogP contribution in [0.25, 0.3) is 0 Å². The van der Waals surface area contributed by atoms with Crippen molar-refractivity contribution < 1.29 is 23.1 Å². The molecule has 3 fully saturated rings. The Bertz CT molecular complexity index is 789. The van der Waals surface area contributed by atoms with Crippen LogP contribution < -0.4 is 5.32 Å². The lowest BCUT2D eigenvalue weighted by Gasteiger charge is -2.48. The second-order valence-electron chi connectivity index (χ2n) is 8.07. The topological polar surface area (TPSA) is 58.6 Å². The molecule has 0 bridgehead atoms. The second-order valence-corrected chi connectivity index (χ2v) is 8.48. The quantitative estimate of drug-likeness (QED) is 0.844. The van der Waals surface area contributed by atoms with Crippen LogP contribution >= 0.6 is 11.6 Å². The Morgan fingerprint density at radius 3 is 2.70 bits per heavy atom. The van der Waals surface area contributed by atoms with E-state index in [0.717, 1.165) is 5.56 Å². The van der Waals surface area contributed by atoms with Gasteiger partial charge in [0.15, 0.2) is 0 Å². The molecule has 1 aliphatic carbocycles. The lowest BCUT2D eigenvalue weighted by atomic mass is 9.68. The molecule has 1 N–H and O–H groups in total. The van der Waals surface area contributed by atoms with Crippen molar-refractivity contribution >= 4 is 23.6 Å². The van der Waals surface area contributed by atoms with E-state index >= 15 is 0 Å². The van der Waals surface area contributed by atoms with E-state index in [2.05, 4.69) is 5.32 Å². The maximum absolute atomic E-state index is 14.5. The number of halogens is 3. The molecule has 4 rings (SSSR count). The Kier molecular flexibility index (Phi) is 4.33. The molecule has 0 aromatic heterocycles. The van der Waals surface area contributed by atoms with Crippen LogP contribution in [0.2, 0.25) is 5.02 Å². The first kappa shape index (κ1) is 18.5. The summed E-state index contributed by atoms with van der Waals surface area (Å²) in [5, 5.41) is 3.08. The van der Waals surface area contributed by atoms with E-state index in [1.54, 1.807) is 17.9 Å². The van der Waals surface area contributed by atoms with Gasteiger partial charge in [-0.05, 0) is 31.4 Å². The fraction of sp³-hybridized carbons (Fsp3) is 0.579. The molecule has 2 amide bonds. The van der Waals surface area contributed by atoms with Gasteiger partial charge in [-0.1, -0.05) is 23.7 Å². The van der Waals surface area contributed by atoms with E-state index in [4.69, 9.17) is 16.3 Å². The predicted octanol–water partition coefficient (Wildman–Crippen LogP) is 3.48. The predicted molar refractivity (Wildman–Crippen MR) is 94.7 cm³/mol. The van der Waals surface area contributed by atoms with Crippen LogP contribution in [-0.2, 0) is 15.5 Å². The van der Waals surface area contributed by atoms with Gasteiger partial charge < -0.3 is 15.0 Å². The van der Waals surface area contributed by atoms with Crippen molar-refractivity contribution in [2.75, 3.05) is 19.7 Å². The van der Waals surface area contributed by atoms with Crippen molar-refractivity contribution in [1.82, 2.24) is 10.2 Å². The van der Waals surface area contributed by atoms with E-state index in [1.165, 1.54) is 12.1 Å². The number of alkyl carbamates (subject to hydrolysis) is 1. The minimum Gasteiger partial charge on any atom is -0.447 e. The molecule has 1 aromatic rings. The van der Waals surface area contributed by atoms with Gasteiger partial charge in [0.25, 0.3) is 5.92 Å². The number of hydrogen-bond donors (Lipinski definition) is 1. The number of amides is 2. The molecule has 146 valence electrons. The molecule has 27 heavy (non-hydrogen) atoms. The Hall–Kier alpha value is -1.89. The maximum Gasteiger partial charge on any atom is 0.407 e. The van der Waals surface area contributed by atoms with E-state index in [1.807, 2.05) is 0 Å². The highest BCUT2D eigenvalue weighted by Crippen LogP contribution is 2.44. The third-order valence-electron chi connectivity index (χ3n) is 5.88. The SMILES string of the molecule is Cc1ccc(C(F)(F)CC2CN(C(=O)[C@H]3C[C@@]4(COC(=O)N4)C3)C2)cc1Cl. The fourth-order valence-corrected chi connectivity index (χ4v) is 4.39. The molecular formula is C19H21ClF2N2O3. The number of aryl methyl sites for hydroxylation is 1. The average Bonchev–Trinajstić information content (AvgIpc) is 2.93. The van der Waals surface area contributed by atoms with Crippen LogP contribution in [0.15, 0.2) is 18.2 Å². The minimum atomic E-state index is -2.97. The summed E-state index contributed by atoms with van der Waals surface area (Å²) in [5.74, 6) is -3.37. The summed E-state index contributed by atoms with van der Waals surface area (Å²) in [6.07, 6.45) is 0.366. The summed E-state index contributed by atoms with van der Waals surface area (Å²) < 4.78 is 33.9. The Labute approximate surface area is 161 Å². The van der Waals surface area contributed by atoms with Gasteiger partial charge in [0.2, 0.25) is 5.91 Å². The second kappa shape index (κ2) is 6.33. The smallest absolute Gasteiger partial charge is 0.407 e. The van der Waals surface area contributed by atoms with Crippen molar-refractivity contribution in [3.8, 4) is 0 Å². The normalized spacial score (nSPS) is 27.8. The fourth-order valence-electron chi connectivity index (χ4n) is 4.21. The number of likely N-dealkylation sites (tertiary alicyclic amines) is 1. The standard InChI is InChI=1S/C19H21ClF2N2O3/c1-11-2-3-14(4-15(11)20)19(21,22)5-12-8-24(9-12)16(25)13-6-18(7-13)10-27-17(26)23-18/h2-4,12-13H,5-10H2,1H3,(H,23,26)/t13-,18-. The number of ether oxygens (including phenoxy) is 1. The first-order valence-corrected chi connectivity index (χ1v) is 9.43. The van der Waals surface area contributed by atoms with Crippen molar-refractivity contribution in [3.05, 3.63) is 34.3 Å². The van der Waals surface area contributed by atoms with E-state index in [0.29, 0.717) is 37.6 Å². The zero-order valence-corrected chi connectivity index (χ0v) is 15.7. The van der Waals surface area contributed by atoms with Crippen LogP contribution in [0.3, 0.4) is 0 Å². The van der Waals surface area contributed by atoms with E-state index < -0.39 is 17.6 Å². The van der Waals surface area contributed by atoms with Gasteiger partial charge in [-0.3, -0.25) is 4.79 Å². The Balaban J connectivity index is 1.27. The summed E-state index contributed by atoms with van der Waals surface area (Å²) in [6, 6.07) is 4.33. The van der Waals surface area contributed by atoms with Crippen LogP contribution in [0.4, 0.5) is 13.6 Å². The molecule has 8 heteroatoms. The van der Waals surface area contributed by atoms with Gasteiger partial charge in [-0.15, -0.1) is 0 Å². The molecule has 1 aromatic carbocycles. The summed E-state index contributed by atoms with van der Waals surface area (Å²) in [7, 11) is 0. The molecular weight excluding hydrogens is 378 g/mol. The van der Waals surface area contributed by atoms with Crippen molar-refractivity contribution in [3.63, 3.8) is 0 Å². The van der Waals surface area contributed by atoms with Crippen molar-refractivity contribution in [2.45, 2.75) is 37.6 Å². The largest absolute Gasteiger partial charge is 0.447 e. The molecule has 0 atom stereocenters. The highest BCUT2D eigenvalue weighted by molar-refractivity contribution is 6.31. The number of cyclic esters (lactones) is 1. The number of carbonyl (C=O) groups excluding carboxylic acids is 2. The molecule has 2 saturated heterocycles. The maximum atomic E-state index is 14.5. The molecule has 2 aliphatic heterocycles. The number of hydrogen-bond acceptors (Lipinski definition) is 3. The number of carbonyl (C=O) groups is 2. The molecule has 3 aliphatic rings. The van der Waals surface area contributed by atoms with Gasteiger partial charge in [-0.25, -0.2) is 13.6 Å². The third-order valence-corrected chi connectivity index (χ3v) is 6.29. The van der Waals surface area contributed by atoms with Crippen LogP contribution in [0.1, 0.15) is 30.4 Å². The van der Waals surface area contributed by atoms with E-state index in [-0.39, 0.29) is 29.7 Å². The number of rotatable bonds is 4. The van der Waals surface area contributed by atoms with E-state index in [9.17, 15) is 18.4 Å².